The van der Waals surface area contributed by atoms with E-state index in [9.17, 15) is 9.59 Å². The Kier molecular flexibility index (Phi) is 6.91. The number of quaternary nitrogens is 2. The third-order valence-electron chi connectivity index (χ3n) is 6.99. The summed E-state index contributed by atoms with van der Waals surface area (Å²) in [5.74, 6) is 0.265. The largest absolute Gasteiger partial charge is 0.494 e. The average Bonchev–Trinajstić information content (AvgIpc) is 2.98. The summed E-state index contributed by atoms with van der Waals surface area (Å²) in [4.78, 5) is 31.5. The predicted molar refractivity (Wildman–Crippen MR) is 113 cm³/mol. The molecule has 0 unspecified atom stereocenters. The van der Waals surface area contributed by atoms with Gasteiger partial charge in [0, 0.05) is 0 Å². The van der Waals surface area contributed by atoms with Gasteiger partial charge in [-0.05, 0) is 31.5 Å². The van der Waals surface area contributed by atoms with Crippen LogP contribution in [0.3, 0.4) is 0 Å². The lowest BCUT2D eigenvalue weighted by molar-refractivity contribution is -0.915. The summed E-state index contributed by atoms with van der Waals surface area (Å²) < 4.78 is 16.5. The molecule has 2 N–H and O–H groups in total. The van der Waals surface area contributed by atoms with Gasteiger partial charge in [-0.1, -0.05) is 12.1 Å². The summed E-state index contributed by atoms with van der Waals surface area (Å²) in [6.07, 6.45) is 0. The Labute approximate surface area is 184 Å². The Morgan fingerprint density at radius 2 is 1.58 bits per heavy atom. The molecule has 0 bridgehead atoms. The fourth-order valence-corrected chi connectivity index (χ4v) is 4.99. The topological polar surface area (TPSA) is 74.0 Å². The number of carbonyl (C=O) groups excluding carboxylic acids is 2. The molecule has 3 saturated heterocycles. The first kappa shape index (κ1) is 22.2. The summed E-state index contributed by atoms with van der Waals surface area (Å²) in [5.41, 5.74) is 0.00483. The number of morpholine rings is 2. The maximum absolute atomic E-state index is 13.8. The summed E-state index contributed by atoms with van der Waals surface area (Å²) in [5, 5.41) is 0. The molecule has 0 aromatic heterocycles. The Morgan fingerprint density at radius 3 is 2.16 bits per heavy atom. The summed E-state index contributed by atoms with van der Waals surface area (Å²) in [7, 11) is 0. The van der Waals surface area contributed by atoms with Gasteiger partial charge in [0.25, 0.3) is 0 Å². The number of hydrogen-bond acceptors (Lipinski definition) is 5. The molecule has 0 spiro atoms. The average molecular weight is 434 g/mol. The SMILES string of the molecule is CCOc1ccc([C@]2(C)C(=O)N(C[NH+]3CCOCC3)C(=O)[C@@H]2C[NH+]2CCOCC2)cc1. The molecule has 0 aliphatic carbocycles. The van der Waals surface area contributed by atoms with Crippen molar-refractivity contribution in [1.82, 2.24) is 4.90 Å². The molecule has 1 aromatic carbocycles. The Balaban J connectivity index is 1.62. The summed E-state index contributed by atoms with van der Waals surface area (Å²) in [6.45, 7) is 11.7. The van der Waals surface area contributed by atoms with Crippen LogP contribution in [-0.4, -0.2) is 89.1 Å². The number of imide groups is 1. The minimum Gasteiger partial charge on any atom is -0.494 e. The maximum atomic E-state index is 13.8. The summed E-state index contributed by atoms with van der Waals surface area (Å²) >= 11 is 0. The Hall–Kier alpha value is -2.00. The molecule has 170 valence electrons. The third-order valence-corrected chi connectivity index (χ3v) is 6.99. The Morgan fingerprint density at radius 1 is 1.00 bits per heavy atom. The van der Waals surface area contributed by atoms with Gasteiger partial charge in [-0.15, -0.1) is 0 Å². The van der Waals surface area contributed by atoms with Gasteiger partial charge in [0.1, 0.15) is 37.8 Å². The van der Waals surface area contributed by atoms with Crippen molar-refractivity contribution < 1.29 is 33.6 Å². The minimum absolute atomic E-state index is 0.0423. The molecule has 1 aromatic rings. The zero-order valence-corrected chi connectivity index (χ0v) is 18.7. The third kappa shape index (κ3) is 4.48. The van der Waals surface area contributed by atoms with Crippen LogP contribution in [-0.2, 0) is 24.5 Å². The van der Waals surface area contributed by atoms with Crippen LogP contribution in [0.4, 0.5) is 0 Å². The lowest BCUT2D eigenvalue weighted by atomic mass is 9.73. The molecule has 8 heteroatoms. The number of ether oxygens (including phenoxy) is 3. The first-order valence-electron chi connectivity index (χ1n) is 11.5. The number of nitrogens with zero attached hydrogens (tertiary/aromatic N) is 1. The van der Waals surface area contributed by atoms with Crippen LogP contribution in [0, 0.1) is 5.92 Å². The van der Waals surface area contributed by atoms with Crippen LogP contribution >= 0.6 is 0 Å². The van der Waals surface area contributed by atoms with E-state index in [4.69, 9.17) is 14.2 Å². The Bertz CT molecular complexity index is 774. The quantitative estimate of drug-likeness (QED) is 0.493. The molecule has 0 saturated carbocycles. The van der Waals surface area contributed by atoms with E-state index in [2.05, 4.69) is 0 Å². The van der Waals surface area contributed by atoms with Crippen LogP contribution in [0.25, 0.3) is 0 Å². The number of benzene rings is 1. The van der Waals surface area contributed by atoms with Gasteiger partial charge in [0.05, 0.1) is 45.0 Å². The van der Waals surface area contributed by atoms with Crippen molar-refractivity contribution in [3.8, 4) is 5.75 Å². The predicted octanol–water partition coefficient (Wildman–Crippen LogP) is -1.88. The first-order chi connectivity index (χ1) is 15.0. The van der Waals surface area contributed by atoms with Crippen molar-refractivity contribution in [2.45, 2.75) is 19.3 Å². The van der Waals surface area contributed by atoms with Gasteiger partial charge >= 0.3 is 0 Å². The molecule has 3 aliphatic heterocycles. The number of nitrogens with one attached hydrogen (secondary N) is 2. The molecule has 8 nitrogen and oxygen atoms in total. The van der Waals surface area contributed by atoms with Crippen LogP contribution in [0.5, 0.6) is 5.75 Å². The van der Waals surface area contributed by atoms with Crippen LogP contribution < -0.4 is 14.5 Å². The lowest BCUT2D eigenvalue weighted by Crippen LogP contribution is -3.15. The van der Waals surface area contributed by atoms with Crippen molar-refractivity contribution in [2.24, 2.45) is 5.92 Å². The van der Waals surface area contributed by atoms with Crippen LogP contribution in [0.1, 0.15) is 19.4 Å². The number of rotatable bonds is 7. The molecule has 4 rings (SSSR count). The van der Waals surface area contributed by atoms with E-state index >= 15 is 0 Å². The highest BCUT2D eigenvalue weighted by molar-refractivity contribution is 6.10. The van der Waals surface area contributed by atoms with Gasteiger partial charge in [-0.2, -0.15) is 0 Å². The van der Waals surface area contributed by atoms with E-state index in [1.54, 1.807) is 0 Å². The van der Waals surface area contributed by atoms with Crippen molar-refractivity contribution in [2.75, 3.05) is 72.4 Å². The van der Waals surface area contributed by atoms with E-state index in [0.717, 1.165) is 37.5 Å². The van der Waals surface area contributed by atoms with Crippen LogP contribution in [0.2, 0.25) is 0 Å². The molecular weight excluding hydrogens is 398 g/mol. The molecule has 3 aliphatic rings. The van der Waals surface area contributed by atoms with Crippen molar-refractivity contribution in [3.05, 3.63) is 29.8 Å². The van der Waals surface area contributed by atoms with Gasteiger partial charge in [-0.25, -0.2) is 4.90 Å². The fourth-order valence-electron chi connectivity index (χ4n) is 4.99. The molecule has 31 heavy (non-hydrogen) atoms. The van der Waals surface area contributed by atoms with Crippen molar-refractivity contribution in [1.29, 1.82) is 0 Å². The van der Waals surface area contributed by atoms with Gasteiger partial charge in [0.2, 0.25) is 11.8 Å². The number of likely N-dealkylation sites (tertiary alicyclic amines) is 1. The number of carbonyl (C=O) groups is 2. The second-order valence-corrected chi connectivity index (χ2v) is 8.87. The molecule has 3 heterocycles. The molecule has 2 amide bonds. The smallest absolute Gasteiger partial charge is 0.245 e. The second kappa shape index (κ2) is 9.65. The van der Waals surface area contributed by atoms with E-state index < -0.39 is 5.41 Å². The monoisotopic (exact) mass is 433 g/mol. The highest BCUT2D eigenvalue weighted by atomic mass is 16.5. The molecule has 2 atom stereocenters. The van der Waals surface area contributed by atoms with E-state index in [-0.39, 0.29) is 17.7 Å². The second-order valence-electron chi connectivity index (χ2n) is 8.87. The first-order valence-corrected chi connectivity index (χ1v) is 11.5. The standard InChI is InChI=1S/C23H33N3O5/c1-3-31-19-6-4-18(5-7-19)23(2)20(16-24-8-12-29-13-9-24)21(27)26(22(23)28)17-25-10-14-30-15-11-25/h4-7,20H,3,8-17H2,1-2H3/p+2/t20-,23-/m0/s1. The fraction of sp³-hybridized carbons (Fsp3) is 0.652. The highest BCUT2D eigenvalue weighted by Gasteiger charge is 2.59. The lowest BCUT2D eigenvalue weighted by Gasteiger charge is -2.32. The maximum Gasteiger partial charge on any atom is 0.245 e. The number of hydrogen-bond donors (Lipinski definition) is 2. The normalized spacial score (nSPS) is 28.3. The van der Waals surface area contributed by atoms with Crippen LogP contribution in [0.15, 0.2) is 24.3 Å². The van der Waals surface area contributed by atoms with Crippen molar-refractivity contribution in [3.63, 3.8) is 0 Å². The minimum atomic E-state index is -0.876. The van der Waals surface area contributed by atoms with Crippen molar-refractivity contribution >= 4 is 11.8 Å². The van der Waals surface area contributed by atoms with E-state index in [1.807, 2.05) is 38.1 Å². The molecule has 3 fully saturated rings. The molecular formula is C23H35N3O5+2. The van der Waals surface area contributed by atoms with E-state index in [1.165, 1.54) is 14.7 Å². The summed E-state index contributed by atoms with van der Waals surface area (Å²) in [6, 6.07) is 7.69. The molecule has 0 radical (unpaired) electrons. The zero-order chi connectivity index (χ0) is 21.8. The van der Waals surface area contributed by atoms with E-state index in [0.29, 0.717) is 46.2 Å². The highest BCUT2D eigenvalue weighted by Crippen LogP contribution is 2.40. The van der Waals surface area contributed by atoms with Gasteiger partial charge < -0.3 is 24.0 Å². The van der Waals surface area contributed by atoms with Gasteiger partial charge in [-0.3, -0.25) is 9.59 Å². The van der Waals surface area contributed by atoms with Gasteiger partial charge in [0.15, 0.2) is 6.67 Å². The number of amides is 2. The zero-order valence-electron chi connectivity index (χ0n) is 18.7.